The third-order valence-electron chi connectivity index (χ3n) is 2.21. The molecule has 4 nitrogen and oxygen atoms in total. The number of nitrogens with one attached hydrogen (secondary N) is 1. The number of methoxy groups -OCH3 is 1. The van der Waals surface area contributed by atoms with E-state index in [-0.39, 0.29) is 6.04 Å². The zero-order valence-corrected chi connectivity index (χ0v) is 11.0. The first-order valence-corrected chi connectivity index (χ1v) is 6.25. The zero-order valence-electron chi connectivity index (χ0n) is 8.57. The molecule has 86 valence electrons. The fraction of sp³-hybridized carbons (Fsp3) is 0.200. The molecule has 0 aliphatic carbocycles. The van der Waals surface area contributed by atoms with Crippen LogP contribution < -0.4 is 16.0 Å². The van der Waals surface area contributed by atoms with Crippen LogP contribution in [0.2, 0.25) is 0 Å². The SMILES string of the molecule is COc1ccsc1C(NN)c1occc1Br. The lowest BCUT2D eigenvalue weighted by molar-refractivity contribution is 0.397. The maximum atomic E-state index is 5.57. The summed E-state index contributed by atoms with van der Waals surface area (Å²) in [4.78, 5) is 0.987. The largest absolute Gasteiger partial charge is 0.496 e. The molecule has 2 aromatic rings. The Morgan fingerprint density at radius 3 is 2.94 bits per heavy atom. The molecule has 0 aliphatic rings. The van der Waals surface area contributed by atoms with Gasteiger partial charge in [0.05, 0.1) is 22.7 Å². The van der Waals surface area contributed by atoms with Crippen LogP contribution in [0.5, 0.6) is 5.75 Å². The number of halogens is 1. The molecule has 0 aromatic carbocycles. The molecule has 2 rings (SSSR count). The van der Waals surface area contributed by atoms with Gasteiger partial charge >= 0.3 is 0 Å². The Labute approximate surface area is 105 Å². The maximum absolute atomic E-state index is 5.57. The van der Waals surface area contributed by atoms with Crippen molar-refractivity contribution in [3.8, 4) is 5.75 Å². The second-order valence-electron chi connectivity index (χ2n) is 3.09. The minimum Gasteiger partial charge on any atom is -0.496 e. The number of thiophene rings is 1. The van der Waals surface area contributed by atoms with Crippen molar-refractivity contribution < 1.29 is 9.15 Å². The van der Waals surface area contributed by atoms with E-state index >= 15 is 0 Å². The van der Waals surface area contributed by atoms with Gasteiger partial charge < -0.3 is 9.15 Å². The second kappa shape index (κ2) is 5.01. The average Bonchev–Trinajstić information content (AvgIpc) is 2.90. The highest BCUT2D eigenvalue weighted by molar-refractivity contribution is 9.10. The Balaban J connectivity index is 2.40. The molecule has 0 saturated heterocycles. The lowest BCUT2D eigenvalue weighted by Gasteiger charge is -2.14. The summed E-state index contributed by atoms with van der Waals surface area (Å²) in [5, 5.41) is 1.95. The van der Waals surface area contributed by atoms with Gasteiger partial charge in [0.25, 0.3) is 0 Å². The first-order chi connectivity index (χ1) is 7.77. The van der Waals surface area contributed by atoms with Gasteiger partial charge in [0, 0.05) is 0 Å². The van der Waals surface area contributed by atoms with Gasteiger partial charge in [0.1, 0.15) is 17.6 Å². The summed E-state index contributed by atoms with van der Waals surface area (Å²) in [7, 11) is 1.64. The molecule has 1 unspecified atom stereocenters. The number of nitrogens with two attached hydrogens (primary N) is 1. The normalized spacial score (nSPS) is 12.7. The van der Waals surface area contributed by atoms with Crippen molar-refractivity contribution in [3.63, 3.8) is 0 Å². The van der Waals surface area contributed by atoms with Crippen molar-refractivity contribution in [2.45, 2.75) is 6.04 Å². The minimum absolute atomic E-state index is 0.209. The standard InChI is InChI=1S/C10H11BrN2O2S/c1-14-7-3-5-16-10(7)8(13-12)9-6(11)2-4-15-9/h2-5,8,13H,12H2,1H3. The van der Waals surface area contributed by atoms with Gasteiger partial charge in [-0.15, -0.1) is 11.3 Å². The fourth-order valence-corrected chi connectivity index (χ4v) is 2.82. The Morgan fingerprint density at radius 1 is 1.56 bits per heavy atom. The number of hydrazine groups is 1. The molecule has 2 aromatic heterocycles. The summed E-state index contributed by atoms with van der Waals surface area (Å²) in [6, 6.07) is 3.53. The zero-order chi connectivity index (χ0) is 11.5. The van der Waals surface area contributed by atoms with E-state index in [1.54, 1.807) is 24.7 Å². The molecule has 0 radical (unpaired) electrons. The minimum atomic E-state index is -0.209. The first kappa shape index (κ1) is 11.7. The van der Waals surface area contributed by atoms with Crippen molar-refractivity contribution in [2.75, 3.05) is 7.11 Å². The highest BCUT2D eigenvalue weighted by Gasteiger charge is 2.23. The molecule has 0 saturated carbocycles. The molecule has 0 fully saturated rings. The Morgan fingerprint density at radius 2 is 2.38 bits per heavy atom. The summed E-state index contributed by atoms with van der Waals surface area (Å²) < 4.78 is 11.5. The molecule has 0 bridgehead atoms. The van der Waals surface area contributed by atoms with E-state index in [0.717, 1.165) is 20.9 Å². The van der Waals surface area contributed by atoms with Crippen molar-refractivity contribution >= 4 is 27.3 Å². The van der Waals surface area contributed by atoms with Crippen LogP contribution in [0.25, 0.3) is 0 Å². The second-order valence-corrected chi connectivity index (χ2v) is 4.89. The maximum Gasteiger partial charge on any atom is 0.141 e. The topological polar surface area (TPSA) is 60.4 Å². The first-order valence-electron chi connectivity index (χ1n) is 4.58. The van der Waals surface area contributed by atoms with Gasteiger partial charge in [-0.1, -0.05) is 0 Å². The van der Waals surface area contributed by atoms with Gasteiger partial charge in [-0.05, 0) is 33.4 Å². The molecular weight excluding hydrogens is 292 g/mol. The lowest BCUT2D eigenvalue weighted by Crippen LogP contribution is -2.28. The summed E-state index contributed by atoms with van der Waals surface area (Å²) in [5.74, 6) is 7.11. The van der Waals surface area contributed by atoms with Crippen LogP contribution in [-0.4, -0.2) is 7.11 Å². The Kier molecular flexibility index (Phi) is 3.65. The quantitative estimate of drug-likeness (QED) is 0.673. The molecular formula is C10H11BrN2O2S. The van der Waals surface area contributed by atoms with Crippen molar-refractivity contribution in [2.24, 2.45) is 5.84 Å². The Hall–Kier alpha value is -0.820. The smallest absolute Gasteiger partial charge is 0.141 e. The monoisotopic (exact) mass is 302 g/mol. The molecule has 16 heavy (non-hydrogen) atoms. The third kappa shape index (κ3) is 2.01. The number of hydrogen-bond donors (Lipinski definition) is 2. The van der Waals surface area contributed by atoms with Crippen LogP contribution >= 0.6 is 27.3 Å². The number of hydrogen-bond acceptors (Lipinski definition) is 5. The van der Waals surface area contributed by atoms with E-state index in [0.29, 0.717) is 0 Å². The molecule has 2 heterocycles. The van der Waals surface area contributed by atoms with Crippen molar-refractivity contribution in [1.82, 2.24) is 5.43 Å². The van der Waals surface area contributed by atoms with Gasteiger partial charge in [0.15, 0.2) is 0 Å². The average molecular weight is 303 g/mol. The number of ether oxygens (including phenoxy) is 1. The van der Waals surface area contributed by atoms with Crippen LogP contribution in [0.3, 0.4) is 0 Å². The predicted octanol–water partition coefficient (Wildman–Crippen LogP) is 2.66. The van der Waals surface area contributed by atoms with E-state index in [2.05, 4.69) is 21.4 Å². The van der Waals surface area contributed by atoms with E-state index in [1.165, 1.54) is 0 Å². The van der Waals surface area contributed by atoms with E-state index in [1.807, 2.05) is 17.5 Å². The van der Waals surface area contributed by atoms with E-state index in [4.69, 9.17) is 15.0 Å². The Bertz CT molecular complexity index is 469. The van der Waals surface area contributed by atoms with Crippen molar-refractivity contribution in [1.29, 1.82) is 0 Å². The molecule has 0 amide bonds. The molecule has 6 heteroatoms. The lowest BCUT2D eigenvalue weighted by atomic mass is 10.2. The fourth-order valence-electron chi connectivity index (χ4n) is 1.47. The summed E-state index contributed by atoms with van der Waals surface area (Å²) >= 11 is 4.98. The molecule has 0 spiro atoms. The highest BCUT2D eigenvalue weighted by Crippen LogP contribution is 2.37. The van der Waals surface area contributed by atoms with Crippen molar-refractivity contribution in [3.05, 3.63) is 38.9 Å². The number of rotatable bonds is 4. The van der Waals surface area contributed by atoms with E-state index < -0.39 is 0 Å². The summed E-state index contributed by atoms with van der Waals surface area (Å²) in [6.07, 6.45) is 1.61. The van der Waals surface area contributed by atoms with Gasteiger partial charge in [-0.2, -0.15) is 0 Å². The van der Waals surface area contributed by atoms with Gasteiger partial charge in [-0.3, -0.25) is 5.84 Å². The summed E-state index contributed by atoms with van der Waals surface area (Å²) in [6.45, 7) is 0. The molecule has 0 aliphatic heterocycles. The third-order valence-corrected chi connectivity index (χ3v) is 3.83. The molecule has 3 N–H and O–H groups in total. The van der Waals surface area contributed by atoms with Crippen LogP contribution in [-0.2, 0) is 0 Å². The number of furan rings is 1. The predicted molar refractivity (Wildman–Crippen MR) is 66.4 cm³/mol. The van der Waals surface area contributed by atoms with Crippen LogP contribution in [0.4, 0.5) is 0 Å². The van der Waals surface area contributed by atoms with Gasteiger partial charge in [0.2, 0.25) is 0 Å². The van der Waals surface area contributed by atoms with Crippen LogP contribution in [0.1, 0.15) is 16.7 Å². The summed E-state index contributed by atoms with van der Waals surface area (Å²) in [5.41, 5.74) is 2.73. The van der Waals surface area contributed by atoms with E-state index in [9.17, 15) is 0 Å². The molecule has 1 atom stereocenters. The van der Waals surface area contributed by atoms with Gasteiger partial charge in [-0.25, -0.2) is 5.43 Å². The highest BCUT2D eigenvalue weighted by atomic mass is 79.9. The van der Waals surface area contributed by atoms with Crippen LogP contribution in [0.15, 0.2) is 32.7 Å². The van der Waals surface area contributed by atoms with Crippen LogP contribution in [0, 0.1) is 0 Å².